The summed E-state index contributed by atoms with van der Waals surface area (Å²) >= 11 is 1.15. The molecule has 3 aromatic carbocycles. The van der Waals surface area contributed by atoms with E-state index in [2.05, 4.69) is 15.6 Å². The first kappa shape index (κ1) is 22.6. The Morgan fingerprint density at radius 1 is 0.848 bits per heavy atom. The molecule has 0 fully saturated rings. The number of fused-ring (bicyclic) bond motifs is 1. The second-order valence-corrected chi connectivity index (χ2v) is 9.89. The third-order valence-corrected chi connectivity index (χ3v) is 7.22. The predicted octanol–water partition coefficient (Wildman–Crippen LogP) is 3.59. The summed E-state index contributed by atoms with van der Waals surface area (Å²) in [4.78, 5) is 25.0. The van der Waals surface area contributed by atoms with E-state index in [1.54, 1.807) is 30.3 Å². The minimum Gasteiger partial charge on any atom is -0.267 e. The minimum atomic E-state index is -3.85. The molecule has 1 aromatic heterocycles. The van der Waals surface area contributed by atoms with Crippen LogP contribution in [0, 0.1) is 5.82 Å². The summed E-state index contributed by atoms with van der Waals surface area (Å²) in [5.41, 5.74) is 5.40. The molecule has 2 amide bonds. The number of amides is 2. The highest BCUT2D eigenvalue weighted by molar-refractivity contribution is 7.89. The monoisotopic (exact) mass is 483 g/mol. The van der Waals surface area contributed by atoms with Crippen LogP contribution in [0.25, 0.3) is 10.1 Å². The maximum Gasteiger partial charge on any atom is 0.279 e. The van der Waals surface area contributed by atoms with Crippen molar-refractivity contribution in [2.75, 3.05) is 0 Å². The maximum atomic E-state index is 13.3. The largest absolute Gasteiger partial charge is 0.279 e. The highest BCUT2D eigenvalue weighted by Gasteiger charge is 2.17. The second-order valence-electron chi connectivity index (χ2n) is 7.04. The van der Waals surface area contributed by atoms with E-state index in [1.807, 2.05) is 6.07 Å². The van der Waals surface area contributed by atoms with Crippen LogP contribution >= 0.6 is 11.3 Å². The fourth-order valence-electron chi connectivity index (χ4n) is 3.04. The molecule has 3 N–H and O–H groups in total. The number of carbonyl (C=O) groups excluding carboxylic acids is 2. The van der Waals surface area contributed by atoms with Gasteiger partial charge in [0, 0.05) is 16.8 Å². The number of hydrogen-bond acceptors (Lipinski definition) is 5. The van der Waals surface area contributed by atoms with Gasteiger partial charge in [0.25, 0.3) is 11.8 Å². The number of nitrogens with one attached hydrogen (secondary N) is 3. The Kier molecular flexibility index (Phi) is 6.50. The molecule has 168 valence electrons. The van der Waals surface area contributed by atoms with Crippen LogP contribution in [0.4, 0.5) is 4.39 Å². The van der Waals surface area contributed by atoms with E-state index in [0.717, 1.165) is 21.6 Å². The Morgan fingerprint density at radius 2 is 1.61 bits per heavy atom. The van der Waals surface area contributed by atoms with Crippen LogP contribution in [-0.4, -0.2) is 20.2 Å². The standard InChI is InChI=1S/C23H18FN3O4S2/c24-18-9-10-20-17(11-18)13-21(32-20)23(29)27-26-22(28)16-7-4-8-19(12-16)33(30,31)25-14-15-5-2-1-3-6-15/h1-13,25H,14H2,(H,26,28)(H,27,29). The molecule has 10 heteroatoms. The number of hydrazine groups is 1. The molecule has 0 unspecified atom stereocenters. The average molecular weight is 484 g/mol. The van der Waals surface area contributed by atoms with Gasteiger partial charge in [-0.25, -0.2) is 17.5 Å². The van der Waals surface area contributed by atoms with Gasteiger partial charge in [-0.15, -0.1) is 11.3 Å². The van der Waals surface area contributed by atoms with Gasteiger partial charge in [-0.2, -0.15) is 0 Å². The Bertz CT molecular complexity index is 1440. The number of benzene rings is 3. The quantitative estimate of drug-likeness (QED) is 0.365. The summed E-state index contributed by atoms with van der Waals surface area (Å²) in [6.45, 7) is 0.106. The van der Waals surface area contributed by atoms with Crippen molar-refractivity contribution in [1.82, 2.24) is 15.6 Å². The predicted molar refractivity (Wildman–Crippen MR) is 124 cm³/mol. The van der Waals surface area contributed by atoms with Crippen LogP contribution in [0.15, 0.2) is 83.8 Å². The number of rotatable bonds is 6. The highest BCUT2D eigenvalue weighted by Crippen LogP contribution is 2.26. The second kappa shape index (κ2) is 9.49. The van der Waals surface area contributed by atoms with Crippen LogP contribution in [0.5, 0.6) is 0 Å². The first-order valence-electron chi connectivity index (χ1n) is 9.75. The summed E-state index contributed by atoms with van der Waals surface area (Å²) in [5, 5.41) is 0.581. The lowest BCUT2D eigenvalue weighted by molar-refractivity contribution is 0.0849. The van der Waals surface area contributed by atoms with E-state index in [9.17, 15) is 22.4 Å². The van der Waals surface area contributed by atoms with Crippen molar-refractivity contribution in [2.45, 2.75) is 11.4 Å². The van der Waals surface area contributed by atoms with Crippen molar-refractivity contribution in [2.24, 2.45) is 0 Å². The number of halogens is 1. The van der Waals surface area contributed by atoms with Gasteiger partial charge in [0.05, 0.1) is 9.77 Å². The normalized spacial score (nSPS) is 11.3. The molecule has 0 aliphatic rings. The Labute approximate surface area is 193 Å². The summed E-state index contributed by atoms with van der Waals surface area (Å²) in [5.74, 6) is -1.66. The summed E-state index contributed by atoms with van der Waals surface area (Å²) in [7, 11) is -3.85. The van der Waals surface area contributed by atoms with Crippen molar-refractivity contribution in [3.05, 3.63) is 101 Å². The van der Waals surface area contributed by atoms with E-state index >= 15 is 0 Å². The summed E-state index contributed by atoms with van der Waals surface area (Å²) in [6.07, 6.45) is 0. The fraction of sp³-hybridized carbons (Fsp3) is 0.0435. The molecular weight excluding hydrogens is 465 g/mol. The zero-order valence-corrected chi connectivity index (χ0v) is 18.7. The first-order valence-corrected chi connectivity index (χ1v) is 12.1. The number of sulfonamides is 1. The molecule has 1 heterocycles. The van der Waals surface area contributed by atoms with Gasteiger partial charge in [0.2, 0.25) is 10.0 Å². The Balaban J connectivity index is 1.41. The summed E-state index contributed by atoms with van der Waals surface area (Å²) < 4.78 is 41.8. The van der Waals surface area contributed by atoms with Gasteiger partial charge >= 0.3 is 0 Å². The third-order valence-electron chi connectivity index (χ3n) is 4.71. The summed E-state index contributed by atoms with van der Waals surface area (Å²) in [6, 6.07) is 20.2. The molecule has 4 aromatic rings. The molecule has 0 aliphatic carbocycles. The van der Waals surface area contributed by atoms with Crippen molar-refractivity contribution in [3.63, 3.8) is 0 Å². The van der Waals surface area contributed by atoms with Gasteiger partial charge in [-0.05, 0) is 53.4 Å². The van der Waals surface area contributed by atoms with Gasteiger partial charge in [0.15, 0.2) is 0 Å². The molecule has 33 heavy (non-hydrogen) atoms. The van der Waals surface area contributed by atoms with Crippen LogP contribution in [0.3, 0.4) is 0 Å². The number of thiophene rings is 1. The smallest absolute Gasteiger partial charge is 0.267 e. The minimum absolute atomic E-state index is 0.0521. The highest BCUT2D eigenvalue weighted by atomic mass is 32.2. The van der Waals surface area contributed by atoms with Gasteiger partial charge in [-0.3, -0.25) is 20.4 Å². The van der Waals surface area contributed by atoms with Crippen LogP contribution in [0.1, 0.15) is 25.6 Å². The van der Waals surface area contributed by atoms with E-state index in [0.29, 0.717) is 5.39 Å². The molecule has 4 rings (SSSR count). The fourth-order valence-corrected chi connectivity index (χ4v) is 5.04. The zero-order valence-electron chi connectivity index (χ0n) is 17.0. The number of hydrogen-bond donors (Lipinski definition) is 3. The van der Waals surface area contributed by atoms with Gasteiger partial charge < -0.3 is 0 Å². The molecule has 0 radical (unpaired) electrons. The molecule has 0 atom stereocenters. The first-order chi connectivity index (χ1) is 15.8. The van der Waals surface area contributed by atoms with Gasteiger partial charge in [0.1, 0.15) is 5.82 Å². The maximum absolute atomic E-state index is 13.3. The van der Waals surface area contributed by atoms with Gasteiger partial charge in [-0.1, -0.05) is 36.4 Å². The Morgan fingerprint density at radius 3 is 2.39 bits per heavy atom. The van der Waals surface area contributed by atoms with Crippen LogP contribution < -0.4 is 15.6 Å². The zero-order chi connectivity index (χ0) is 23.4. The molecule has 0 saturated carbocycles. The molecule has 0 aliphatic heterocycles. The van der Waals surface area contributed by atoms with Crippen molar-refractivity contribution >= 4 is 43.3 Å². The molecule has 0 bridgehead atoms. The molecule has 0 spiro atoms. The van der Waals surface area contributed by atoms with Crippen LogP contribution in [-0.2, 0) is 16.6 Å². The van der Waals surface area contributed by atoms with E-state index in [-0.39, 0.29) is 21.9 Å². The van der Waals surface area contributed by atoms with E-state index in [1.165, 1.54) is 42.5 Å². The average Bonchev–Trinajstić information content (AvgIpc) is 3.25. The lowest BCUT2D eigenvalue weighted by atomic mass is 10.2. The molecule has 0 saturated heterocycles. The van der Waals surface area contributed by atoms with E-state index < -0.39 is 27.7 Å². The van der Waals surface area contributed by atoms with Crippen LogP contribution in [0.2, 0.25) is 0 Å². The van der Waals surface area contributed by atoms with Crippen molar-refractivity contribution in [1.29, 1.82) is 0 Å². The lowest BCUT2D eigenvalue weighted by Gasteiger charge is -2.09. The molecular formula is C23H18FN3O4S2. The topological polar surface area (TPSA) is 104 Å². The lowest BCUT2D eigenvalue weighted by Crippen LogP contribution is -2.41. The van der Waals surface area contributed by atoms with E-state index in [4.69, 9.17) is 0 Å². The number of carbonyl (C=O) groups is 2. The third kappa shape index (κ3) is 5.43. The van der Waals surface area contributed by atoms with Crippen molar-refractivity contribution < 1.29 is 22.4 Å². The SMILES string of the molecule is O=C(NNC(=O)c1cc2cc(F)ccc2s1)c1cccc(S(=O)(=O)NCc2ccccc2)c1. The Hall–Kier alpha value is -3.60. The van der Waals surface area contributed by atoms with Crippen molar-refractivity contribution in [3.8, 4) is 0 Å². The molecule has 7 nitrogen and oxygen atoms in total.